The first-order chi connectivity index (χ1) is 5.79. The molecule has 0 aromatic heterocycles. The highest BCUT2D eigenvalue weighted by Gasteiger charge is 2.27. The van der Waals surface area contributed by atoms with Crippen molar-refractivity contribution in [1.29, 1.82) is 0 Å². The second kappa shape index (κ2) is 4.99. The molecule has 0 aromatic carbocycles. The summed E-state index contributed by atoms with van der Waals surface area (Å²) in [5.74, 6) is 1.97. The van der Waals surface area contributed by atoms with Gasteiger partial charge in [-0.3, -0.25) is 4.79 Å². The third-order valence-electron chi connectivity index (χ3n) is 1.79. The van der Waals surface area contributed by atoms with Gasteiger partial charge in [0.1, 0.15) is 0 Å². The SMILES string of the molecule is CNCC(=O)N1CCSC1CS. The second-order valence-electron chi connectivity index (χ2n) is 2.63. The number of nitrogens with one attached hydrogen (secondary N) is 1. The van der Waals surface area contributed by atoms with Crippen molar-refractivity contribution in [2.24, 2.45) is 0 Å². The van der Waals surface area contributed by atoms with Crippen LogP contribution < -0.4 is 5.32 Å². The molecular weight excluding hydrogens is 192 g/mol. The van der Waals surface area contributed by atoms with Gasteiger partial charge < -0.3 is 10.2 Å². The molecule has 1 saturated heterocycles. The van der Waals surface area contributed by atoms with Crippen LogP contribution in [0.25, 0.3) is 0 Å². The molecule has 3 nitrogen and oxygen atoms in total. The van der Waals surface area contributed by atoms with Crippen LogP contribution in [0, 0.1) is 0 Å². The topological polar surface area (TPSA) is 32.3 Å². The van der Waals surface area contributed by atoms with Crippen molar-refractivity contribution in [3.63, 3.8) is 0 Å². The van der Waals surface area contributed by atoms with E-state index in [1.54, 1.807) is 18.8 Å². The average Bonchev–Trinajstić information content (AvgIpc) is 2.51. The normalized spacial score (nSPS) is 23.2. The van der Waals surface area contributed by atoms with Crippen LogP contribution in [0.4, 0.5) is 0 Å². The molecule has 12 heavy (non-hydrogen) atoms. The van der Waals surface area contributed by atoms with Gasteiger partial charge in [0.15, 0.2) is 0 Å². The van der Waals surface area contributed by atoms with Crippen molar-refractivity contribution in [2.45, 2.75) is 5.37 Å². The maximum absolute atomic E-state index is 11.4. The lowest BCUT2D eigenvalue weighted by Crippen LogP contribution is -2.40. The standard InChI is InChI=1S/C7H14N2OS2/c1-8-4-6(10)9-2-3-12-7(9)5-11/h7-8,11H,2-5H2,1H3. The zero-order valence-corrected chi connectivity index (χ0v) is 8.83. The quantitative estimate of drug-likeness (QED) is 0.639. The molecule has 1 fully saturated rings. The summed E-state index contributed by atoms with van der Waals surface area (Å²) in [4.78, 5) is 13.3. The van der Waals surface area contributed by atoms with Gasteiger partial charge in [0.25, 0.3) is 0 Å². The predicted molar refractivity (Wildman–Crippen MR) is 55.7 cm³/mol. The monoisotopic (exact) mass is 206 g/mol. The van der Waals surface area contributed by atoms with Crippen LogP contribution in [0.2, 0.25) is 0 Å². The molecule has 70 valence electrons. The summed E-state index contributed by atoms with van der Waals surface area (Å²) >= 11 is 6.01. The van der Waals surface area contributed by atoms with Crippen molar-refractivity contribution < 1.29 is 4.79 Å². The Balaban J connectivity index is 2.43. The van der Waals surface area contributed by atoms with Crippen LogP contribution in [0.1, 0.15) is 0 Å². The van der Waals surface area contributed by atoms with Crippen LogP contribution in [0.3, 0.4) is 0 Å². The van der Waals surface area contributed by atoms with E-state index >= 15 is 0 Å². The molecule has 0 saturated carbocycles. The van der Waals surface area contributed by atoms with Crippen molar-refractivity contribution in [1.82, 2.24) is 10.2 Å². The maximum Gasteiger partial charge on any atom is 0.237 e. The fourth-order valence-corrected chi connectivity index (χ4v) is 2.81. The van der Waals surface area contributed by atoms with Crippen molar-refractivity contribution in [3.05, 3.63) is 0 Å². The number of carbonyl (C=O) groups is 1. The zero-order chi connectivity index (χ0) is 8.97. The number of amides is 1. The highest BCUT2D eigenvalue weighted by atomic mass is 32.2. The van der Waals surface area contributed by atoms with E-state index in [4.69, 9.17) is 0 Å². The number of hydrogen-bond acceptors (Lipinski definition) is 4. The number of hydrogen-bond donors (Lipinski definition) is 2. The summed E-state index contributed by atoms with van der Waals surface area (Å²) in [5.41, 5.74) is 0. The first kappa shape index (κ1) is 10.2. The van der Waals surface area contributed by atoms with E-state index in [0.29, 0.717) is 6.54 Å². The molecule has 1 atom stereocenters. The minimum atomic E-state index is 0.182. The van der Waals surface area contributed by atoms with E-state index in [9.17, 15) is 4.79 Å². The number of likely N-dealkylation sites (N-methyl/N-ethyl adjacent to an activating group) is 1. The minimum absolute atomic E-state index is 0.182. The summed E-state index contributed by atoms with van der Waals surface area (Å²) in [5, 5.41) is 3.15. The van der Waals surface area contributed by atoms with Crippen LogP contribution in [-0.4, -0.2) is 47.8 Å². The maximum atomic E-state index is 11.4. The molecule has 1 N–H and O–H groups in total. The van der Waals surface area contributed by atoms with Crippen molar-refractivity contribution in [2.75, 3.05) is 31.6 Å². The van der Waals surface area contributed by atoms with E-state index in [2.05, 4.69) is 17.9 Å². The average molecular weight is 206 g/mol. The second-order valence-corrected chi connectivity index (χ2v) is 4.28. The Morgan fingerprint density at radius 3 is 3.17 bits per heavy atom. The molecule has 5 heteroatoms. The highest BCUT2D eigenvalue weighted by molar-refractivity contribution is 8.00. The molecule has 1 rings (SSSR count). The third-order valence-corrected chi connectivity index (χ3v) is 3.61. The summed E-state index contributed by atoms with van der Waals surface area (Å²) < 4.78 is 0. The van der Waals surface area contributed by atoms with Gasteiger partial charge in [0.2, 0.25) is 5.91 Å². The van der Waals surface area contributed by atoms with Crippen LogP contribution in [-0.2, 0) is 4.79 Å². The minimum Gasteiger partial charge on any atom is -0.328 e. The fourth-order valence-electron chi connectivity index (χ4n) is 1.21. The highest BCUT2D eigenvalue weighted by Crippen LogP contribution is 2.24. The van der Waals surface area contributed by atoms with Gasteiger partial charge in [-0.2, -0.15) is 12.6 Å². The molecule has 0 aromatic rings. The van der Waals surface area contributed by atoms with E-state index in [1.165, 1.54) is 0 Å². The third kappa shape index (κ3) is 2.31. The molecule has 1 heterocycles. The first-order valence-electron chi connectivity index (χ1n) is 3.96. The zero-order valence-electron chi connectivity index (χ0n) is 7.12. The number of thiol groups is 1. The van der Waals surface area contributed by atoms with E-state index in [-0.39, 0.29) is 11.3 Å². The van der Waals surface area contributed by atoms with Gasteiger partial charge in [-0.1, -0.05) is 0 Å². The van der Waals surface area contributed by atoms with E-state index < -0.39 is 0 Å². The molecule has 1 amide bonds. The Morgan fingerprint density at radius 1 is 1.83 bits per heavy atom. The summed E-state index contributed by atoms with van der Waals surface area (Å²) in [6.45, 7) is 1.31. The Bertz CT molecular complexity index is 165. The molecule has 1 aliphatic rings. The van der Waals surface area contributed by atoms with Crippen LogP contribution in [0.15, 0.2) is 0 Å². The van der Waals surface area contributed by atoms with Gasteiger partial charge in [0.05, 0.1) is 11.9 Å². The predicted octanol–water partition coefficient (Wildman–Crippen LogP) is 0.0371. The van der Waals surface area contributed by atoms with Crippen molar-refractivity contribution >= 4 is 30.3 Å². The largest absolute Gasteiger partial charge is 0.328 e. The van der Waals surface area contributed by atoms with Crippen LogP contribution in [0.5, 0.6) is 0 Å². The van der Waals surface area contributed by atoms with Gasteiger partial charge >= 0.3 is 0 Å². The molecule has 0 bridgehead atoms. The molecule has 0 aliphatic carbocycles. The number of carbonyl (C=O) groups excluding carboxylic acids is 1. The molecule has 1 aliphatic heterocycles. The lowest BCUT2D eigenvalue weighted by Gasteiger charge is -2.21. The molecule has 0 radical (unpaired) electrons. The first-order valence-corrected chi connectivity index (χ1v) is 5.64. The van der Waals surface area contributed by atoms with Crippen LogP contribution >= 0.6 is 24.4 Å². The van der Waals surface area contributed by atoms with Gasteiger partial charge in [-0.15, -0.1) is 11.8 Å². The number of nitrogens with zero attached hydrogens (tertiary/aromatic N) is 1. The van der Waals surface area contributed by atoms with E-state index in [1.807, 2.05) is 4.90 Å². The van der Waals surface area contributed by atoms with Gasteiger partial charge in [-0.05, 0) is 7.05 Å². The molecule has 0 spiro atoms. The smallest absolute Gasteiger partial charge is 0.237 e. The molecule has 1 unspecified atom stereocenters. The Hall–Kier alpha value is 0.130. The van der Waals surface area contributed by atoms with Gasteiger partial charge in [0, 0.05) is 18.1 Å². The summed E-state index contributed by atoms with van der Waals surface area (Å²) in [6, 6.07) is 0. The Labute approximate surface area is 82.7 Å². The van der Waals surface area contributed by atoms with Crippen molar-refractivity contribution in [3.8, 4) is 0 Å². The lowest BCUT2D eigenvalue weighted by molar-refractivity contribution is -0.129. The summed E-state index contributed by atoms with van der Waals surface area (Å²) in [6.07, 6.45) is 0. The lowest BCUT2D eigenvalue weighted by atomic mass is 10.4. The summed E-state index contributed by atoms with van der Waals surface area (Å²) in [7, 11) is 1.79. The number of thioether (sulfide) groups is 1. The number of rotatable bonds is 3. The Morgan fingerprint density at radius 2 is 2.58 bits per heavy atom. The van der Waals surface area contributed by atoms with Gasteiger partial charge in [-0.25, -0.2) is 0 Å². The van der Waals surface area contributed by atoms with E-state index in [0.717, 1.165) is 18.1 Å². The molecular formula is C7H14N2OS2. The Kier molecular flexibility index (Phi) is 4.25. The fraction of sp³-hybridized carbons (Fsp3) is 0.857.